The van der Waals surface area contributed by atoms with Crippen molar-refractivity contribution >= 4 is 23.6 Å². The molecule has 6 heteroatoms. The number of halogens is 2. The fourth-order valence-electron chi connectivity index (χ4n) is 2.36. The molecule has 2 aromatic carbocycles. The number of anilines is 1. The first-order valence-corrected chi connectivity index (χ1v) is 8.18. The zero-order chi connectivity index (χ0) is 19.1. The third-order valence-corrected chi connectivity index (χ3v) is 3.72. The number of amides is 2. The summed E-state index contributed by atoms with van der Waals surface area (Å²) >= 11 is 0. The summed E-state index contributed by atoms with van der Waals surface area (Å²) in [6, 6.07) is 10.9. The molecule has 0 aromatic heterocycles. The van der Waals surface area contributed by atoms with Crippen LogP contribution in [0.15, 0.2) is 48.5 Å². The van der Waals surface area contributed by atoms with Crippen molar-refractivity contribution in [2.24, 2.45) is 0 Å². The quantitative estimate of drug-likeness (QED) is 0.799. The molecule has 0 heterocycles. The molecule has 0 radical (unpaired) electrons. The molecular formula is C20H20F2N2O2. The van der Waals surface area contributed by atoms with Gasteiger partial charge in [-0.15, -0.1) is 0 Å². The Kier molecular flexibility index (Phi) is 6.60. The molecule has 0 saturated heterocycles. The standard InChI is InChI=1S/C20H20F2N2O2/c1-3-24(19(26)11-10-15-7-4-6-14(2)12-15)13-18(25)23-20-16(21)8-5-9-17(20)22/h4-12H,3,13H2,1-2H3,(H,23,25)/b11-10+. The van der Waals surface area contributed by atoms with Gasteiger partial charge in [0, 0.05) is 12.6 Å². The lowest BCUT2D eigenvalue weighted by Gasteiger charge is -2.18. The van der Waals surface area contributed by atoms with Crippen molar-refractivity contribution in [3.05, 3.63) is 71.3 Å². The summed E-state index contributed by atoms with van der Waals surface area (Å²) in [4.78, 5) is 25.6. The third-order valence-electron chi connectivity index (χ3n) is 3.72. The van der Waals surface area contributed by atoms with Gasteiger partial charge >= 0.3 is 0 Å². The van der Waals surface area contributed by atoms with Crippen LogP contribution in [0, 0.1) is 18.6 Å². The van der Waals surface area contributed by atoms with Crippen LogP contribution in [-0.2, 0) is 9.59 Å². The molecule has 0 aliphatic carbocycles. The zero-order valence-corrected chi connectivity index (χ0v) is 14.6. The summed E-state index contributed by atoms with van der Waals surface area (Å²) in [5, 5.41) is 2.17. The first-order valence-electron chi connectivity index (χ1n) is 8.18. The van der Waals surface area contributed by atoms with Gasteiger partial charge in [-0.05, 0) is 37.6 Å². The fraction of sp³-hybridized carbons (Fsp3) is 0.200. The average Bonchev–Trinajstić information content (AvgIpc) is 2.61. The Morgan fingerprint density at radius 1 is 1.12 bits per heavy atom. The predicted octanol–water partition coefficient (Wildman–Crippen LogP) is 3.77. The van der Waals surface area contributed by atoms with Gasteiger partial charge in [-0.1, -0.05) is 35.9 Å². The fourth-order valence-corrected chi connectivity index (χ4v) is 2.36. The number of rotatable bonds is 6. The Labute approximate surface area is 151 Å². The summed E-state index contributed by atoms with van der Waals surface area (Å²) in [6.45, 7) is 3.64. The Bertz CT molecular complexity index is 814. The number of hydrogen-bond acceptors (Lipinski definition) is 2. The first-order chi connectivity index (χ1) is 12.4. The second-order valence-electron chi connectivity index (χ2n) is 5.74. The normalized spacial score (nSPS) is 10.8. The van der Waals surface area contributed by atoms with Gasteiger partial charge in [0.25, 0.3) is 0 Å². The Morgan fingerprint density at radius 2 is 1.77 bits per heavy atom. The second-order valence-corrected chi connectivity index (χ2v) is 5.74. The largest absolute Gasteiger partial charge is 0.330 e. The van der Waals surface area contributed by atoms with Crippen LogP contribution in [-0.4, -0.2) is 29.8 Å². The lowest BCUT2D eigenvalue weighted by molar-refractivity contribution is -0.130. The lowest BCUT2D eigenvalue weighted by Crippen LogP contribution is -2.37. The van der Waals surface area contributed by atoms with E-state index in [2.05, 4.69) is 5.32 Å². The summed E-state index contributed by atoms with van der Waals surface area (Å²) in [6.07, 6.45) is 3.03. The number of nitrogens with one attached hydrogen (secondary N) is 1. The molecule has 1 N–H and O–H groups in total. The van der Waals surface area contributed by atoms with E-state index in [0.717, 1.165) is 23.3 Å². The molecule has 2 amide bonds. The molecule has 26 heavy (non-hydrogen) atoms. The highest BCUT2D eigenvalue weighted by molar-refractivity contribution is 5.98. The van der Waals surface area contributed by atoms with Crippen LogP contribution < -0.4 is 5.32 Å². The van der Waals surface area contributed by atoms with Gasteiger partial charge in [-0.25, -0.2) is 8.78 Å². The number of carbonyl (C=O) groups excluding carboxylic acids is 2. The van der Waals surface area contributed by atoms with Gasteiger partial charge in [0.2, 0.25) is 11.8 Å². The van der Waals surface area contributed by atoms with Crippen LogP contribution in [0.2, 0.25) is 0 Å². The Hall–Kier alpha value is -3.02. The number of likely N-dealkylation sites (N-methyl/N-ethyl adjacent to an activating group) is 1. The highest BCUT2D eigenvalue weighted by Gasteiger charge is 2.16. The minimum atomic E-state index is -0.868. The van der Waals surface area contributed by atoms with Crippen molar-refractivity contribution in [1.82, 2.24) is 4.90 Å². The summed E-state index contributed by atoms with van der Waals surface area (Å²) in [7, 11) is 0. The molecule has 2 rings (SSSR count). The van der Waals surface area contributed by atoms with E-state index in [-0.39, 0.29) is 19.0 Å². The van der Waals surface area contributed by atoms with Gasteiger partial charge in [0.05, 0.1) is 0 Å². The molecule has 2 aromatic rings. The van der Waals surface area contributed by atoms with Crippen LogP contribution in [0.3, 0.4) is 0 Å². The van der Waals surface area contributed by atoms with E-state index in [1.807, 2.05) is 31.2 Å². The van der Waals surface area contributed by atoms with Gasteiger partial charge in [-0.3, -0.25) is 9.59 Å². The van der Waals surface area contributed by atoms with Crippen molar-refractivity contribution in [2.45, 2.75) is 13.8 Å². The summed E-state index contributed by atoms with van der Waals surface area (Å²) < 4.78 is 27.2. The van der Waals surface area contributed by atoms with E-state index in [1.165, 1.54) is 17.0 Å². The maximum absolute atomic E-state index is 13.6. The Balaban J connectivity index is 2.01. The second kappa shape index (κ2) is 8.89. The molecule has 4 nitrogen and oxygen atoms in total. The molecule has 0 fully saturated rings. The molecule has 0 spiro atoms. The minimum Gasteiger partial charge on any atom is -0.330 e. The smallest absolute Gasteiger partial charge is 0.247 e. The number of aryl methyl sites for hydroxylation is 1. The van der Waals surface area contributed by atoms with Crippen molar-refractivity contribution in [3.63, 3.8) is 0 Å². The summed E-state index contributed by atoms with van der Waals surface area (Å²) in [5.74, 6) is -2.77. The van der Waals surface area contributed by atoms with Crippen LogP contribution in [0.5, 0.6) is 0 Å². The maximum Gasteiger partial charge on any atom is 0.247 e. The number of nitrogens with zero attached hydrogens (tertiary/aromatic N) is 1. The highest BCUT2D eigenvalue weighted by Crippen LogP contribution is 2.17. The van der Waals surface area contributed by atoms with E-state index >= 15 is 0 Å². The Morgan fingerprint density at radius 3 is 2.38 bits per heavy atom. The third kappa shape index (κ3) is 5.24. The minimum absolute atomic E-state index is 0.282. The highest BCUT2D eigenvalue weighted by atomic mass is 19.1. The van der Waals surface area contributed by atoms with Gasteiger partial charge < -0.3 is 10.2 Å². The van der Waals surface area contributed by atoms with Gasteiger partial charge in [0.1, 0.15) is 23.9 Å². The number of para-hydroxylation sites is 1. The van der Waals surface area contributed by atoms with Crippen molar-refractivity contribution < 1.29 is 18.4 Å². The van der Waals surface area contributed by atoms with Crippen molar-refractivity contribution in [1.29, 1.82) is 0 Å². The molecule has 0 bridgehead atoms. The molecule has 0 saturated carbocycles. The van der Waals surface area contributed by atoms with E-state index in [9.17, 15) is 18.4 Å². The van der Waals surface area contributed by atoms with Gasteiger partial charge in [0.15, 0.2) is 0 Å². The lowest BCUT2D eigenvalue weighted by atomic mass is 10.1. The van der Waals surface area contributed by atoms with E-state index < -0.39 is 23.2 Å². The van der Waals surface area contributed by atoms with E-state index in [4.69, 9.17) is 0 Å². The number of carbonyl (C=O) groups is 2. The van der Waals surface area contributed by atoms with E-state index in [1.54, 1.807) is 13.0 Å². The molecular weight excluding hydrogens is 338 g/mol. The molecule has 0 aliphatic rings. The molecule has 0 aliphatic heterocycles. The molecule has 136 valence electrons. The van der Waals surface area contributed by atoms with E-state index in [0.29, 0.717) is 0 Å². The van der Waals surface area contributed by atoms with Crippen LogP contribution >= 0.6 is 0 Å². The van der Waals surface area contributed by atoms with Crippen LogP contribution in [0.25, 0.3) is 6.08 Å². The summed E-state index contributed by atoms with van der Waals surface area (Å²) in [5.41, 5.74) is 1.42. The predicted molar refractivity (Wildman–Crippen MR) is 97.5 cm³/mol. The topological polar surface area (TPSA) is 49.4 Å². The zero-order valence-electron chi connectivity index (χ0n) is 14.6. The number of benzene rings is 2. The maximum atomic E-state index is 13.6. The average molecular weight is 358 g/mol. The van der Waals surface area contributed by atoms with Crippen LogP contribution in [0.1, 0.15) is 18.1 Å². The monoisotopic (exact) mass is 358 g/mol. The van der Waals surface area contributed by atoms with Crippen molar-refractivity contribution in [2.75, 3.05) is 18.4 Å². The van der Waals surface area contributed by atoms with Crippen LogP contribution in [0.4, 0.5) is 14.5 Å². The van der Waals surface area contributed by atoms with Gasteiger partial charge in [-0.2, -0.15) is 0 Å². The SMILES string of the molecule is CCN(CC(=O)Nc1c(F)cccc1F)C(=O)/C=C/c1cccc(C)c1. The molecule has 0 atom stereocenters. The number of hydrogen-bond donors (Lipinski definition) is 1. The molecule has 0 unspecified atom stereocenters. The van der Waals surface area contributed by atoms with Crippen molar-refractivity contribution in [3.8, 4) is 0 Å². The first kappa shape index (κ1) is 19.3.